The molecular formula is C27H31BrN2O3S. The average molecular weight is 544 g/mol. The molecule has 0 heterocycles. The first-order chi connectivity index (χ1) is 16.1. The van der Waals surface area contributed by atoms with Crippen LogP contribution in [0.25, 0.3) is 0 Å². The lowest BCUT2D eigenvalue weighted by molar-refractivity contribution is -0.121. The van der Waals surface area contributed by atoms with Crippen molar-refractivity contribution in [2.24, 2.45) is 0 Å². The van der Waals surface area contributed by atoms with E-state index < -0.39 is 10.0 Å². The number of rotatable bonds is 9. The second kappa shape index (κ2) is 11.3. The van der Waals surface area contributed by atoms with Crippen LogP contribution in [-0.2, 0) is 21.2 Å². The first-order valence-corrected chi connectivity index (χ1v) is 13.5. The van der Waals surface area contributed by atoms with Gasteiger partial charge in [-0.1, -0.05) is 76.1 Å². The Morgan fingerprint density at radius 1 is 0.971 bits per heavy atom. The van der Waals surface area contributed by atoms with E-state index in [1.54, 1.807) is 13.8 Å². The monoisotopic (exact) mass is 542 g/mol. The number of hydrogen-bond donors (Lipinski definition) is 1. The molecule has 7 heteroatoms. The summed E-state index contributed by atoms with van der Waals surface area (Å²) in [5.41, 5.74) is 4.34. The van der Waals surface area contributed by atoms with Crippen molar-refractivity contribution in [2.45, 2.75) is 45.1 Å². The van der Waals surface area contributed by atoms with Gasteiger partial charge in [0.05, 0.1) is 17.5 Å². The maximum atomic E-state index is 13.8. The van der Waals surface area contributed by atoms with Gasteiger partial charge in [0.25, 0.3) is 0 Å². The molecule has 0 aliphatic carbocycles. The molecule has 0 aliphatic heterocycles. The van der Waals surface area contributed by atoms with Crippen molar-refractivity contribution in [2.75, 3.05) is 13.1 Å². The zero-order chi connectivity index (χ0) is 24.9. The highest BCUT2D eigenvalue weighted by Gasteiger charge is 2.30. The summed E-state index contributed by atoms with van der Waals surface area (Å²) < 4.78 is 29.8. The molecule has 5 nitrogen and oxygen atoms in total. The number of carbonyl (C=O) groups is 1. The van der Waals surface area contributed by atoms with Crippen LogP contribution in [0.4, 0.5) is 0 Å². The predicted octanol–water partition coefficient (Wildman–Crippen LogP) is 5.49. The number of carbonyl (C=O) groups excluding carboxylic acids is 1. The topological polar surface area (TPSA) is 66.5 Å². The van der Waals surface area contributed by atoms with Crippen molar-refractivity contribution in [3.8, 4) is 0 Å². The number of nitrogens with one attached hydrogen (secondary N) is 1. The highest BCUT2D eigenvalue weighted by Crippen LogP contribution is 2.26. The van der Waals surface area contributed by atoms with E-state index in [0.717, 1.165) is 21.2 Å². The molecule has 180 valence electrons. The Bertz CT molecular complexity index is 1220. The molecule has 0 fully saturated rings. The first-order valence-electron chi connectivity index (χ1n) is 11.2. The van der Waals surface area contributed by atoms with E-state index in [1.807, 2.05) is 80.6 Å². The highest BCUT2D eigenvalue weighted by molar-refractivity contribution is 9.10. The Morgan fingerprint density at radius 3 is 2.15 bits per heavy atom. The summed E-state index contributed by atoms with van der Waals surface area (Å²) in [7, 11) is -3.88. The van der Waals surface area contributed by atoms with Gasteiger partial charge in [0.15, 0.2) is 0 Å². The van der Waals surface area contributed by atoms with Crippen LogP contribution in [0.2, 0.25) is 0 Å². The standard InChI is InChI=1S/C27H31BrN2O3S/c1-19-16-20(2)27(21(3)17-19)34(32,33)30(15-14-23-8-6-5-7-9-23)18-26(31)29-22(4)24-10-12-25(28)13-11-24/h5-13,16-17,22H,14-15,18H2,1-4H3,(H,29,31)/t22-/m0/s1. The number of amides is 1. The molecule has 0 saturated heterocycles. The van der Waals surface area contributed by atoms with Crippen molar-refractivity contribution >= 4 is 31.9 Å². The Labute approximate surface area is 211 Å². The van der Waals surface area contributed by atoms with E-state index in [2.05, 4.69) is 21.2 Å². The minimum Gasteiger partial charge on any atom is -0.348 e. The van der Waals surface area contributed by atoms with Gasteiger partial charge < -0.3 is 5.32 Å². The smallest absolute Gasteiger partial charge is 0.244 e. The maximum Gasteiger partial charge on any atom is 0.244 e. The van der Waals surface area contributed by atoms with Crippen LogP contribution in [0.1, 0.15) is 40.8 Å². The van der Waals surface area contributed by atoms with Gasteiger partial charge in [-0.05, 0) is 68.5 Å². The third-order valence-corrected chi connectivity index (χ3v) is 8.44. The Balaban J connectivity index is 1.85. The third kappa shape index (κ3) is 6.56. The largest absolute Gasteiger partial charge is 0.348 e. The van der Waals surface area contributed by atoms with Crippen LogP contribution in [0, 0.1) is 20.8 Å². The van der Waals surface area contributed by atoms with Crippen molar-refractivity contribution < 1.29 is 13.2 Å². The normalized spacial score (nSPS) is 12.5. The fraction of sp³-hybridized carbons (Fsp3) is 0.296. The van der Waals surface area contributed by atoms with E-state index in [-0.39, 0.29) is 29.9 Å². The molecular weight excluding hydrogens is 512 g/mol. The summed E-state index contributed by atoms with van der Waals surface area (Å²) in [6.45, 7) is 7.40. The van der Waals surface area contributed by atoms with Crippen LogP contribution in [-0.4, -0.2) is 31.7 Å². The summed E-state index contributed by atoms with van der Waals surface area (Å²) in [6, 6.07) is 20.9. The Kier molecular flexibility index (Phi) is 8.68. The molecule has 34 heavy (non-hydrogen) atoms. The lowest BCUT2D eigenvalue weighted by Crippen LogP contribution is -2.42. The molecule has 0 aromatic heterocycles. The number of aryl methyl sites for hydroxylation is 3. The SMILES string of the molecule is Cc1cc(C)c(S(=O)(=O)N(CCc2ccccc2)CC(=O)N[C@@H](C)c2ccc(Br)cc2)c(C)c1. The molecule has 0 saturated carbocycles. The van der Waals surface area contributed by atoms with Crippen molar-refractivity contribution in [1.82, 2.24) is 9.62 Å². The molecule has 1 N–H and O–H groups in total. The zero-order valence-corrected chi connectivity index (χ0v) is 22.4. The zero-order valence-electron chi connectivity index (χ0n) is 20.0. The number of nitrogens with zero attached hydrogens (tertiary/aromatic N) is 1. The highest BCUT2D eigenvalue weighted by atomic mass is 79.9. The number of halogens is 1. The molecule has 0 bridgehead atoms. The minimum atomic E-state index is -3.88. The average Bonchev–Trinajstić information content (AvgIpc) is 2.76. The van der Waals surface area contributed by atoms with Gasteiger partial charge in [0.2, 0.25) is 15.9 Å². The van der Waals surface area contributed by atoms with Crippen molar-refractivity contribution in [3.63, 3.8) is 0 Å². The van der Waals surface area contributed by atoms with E-state index >= 15 is 0 Å². The molecule has 0 aliphatic rings. The van der Waals surface area contributed by atoms with Crippen molar-refractivity contribution in [3.05, 3.63) is 99.0 Å². The molecule has 3 aromatic carbocycles. The lowest BCUT2D eigenvalue weighted by atomic mass is 10.1. The number of benzene rings is 3. The van der Waals surface area contributed by atoms with E-state index in [1.165, 1.54) is 4.31 Å². The summed E-state index contributed by atoms with van der Waals surface area (Å²) in [5, 5.41) is 2.95. The van der Waals surface area contributed by atoms with Gasteiger partial charge in [0, 0.05) is 11.0 Å². The molecule has 1 amide bonds. The first kappa shape index (κ1) is 26.1. The molecule has 3 rings (SSSR count). The molecule has 0 radical (unpaired) electrons. The van der Waals surface area contributed by atoms with Gasteiger partial charge in [0.1, 0.15) is 0 Å². The summed E-state index contributed by atoms with van der Waals surface area (Å²) in [4.78, 5) is 13.3. The summed E-state index contributed by atoms with van der Waals surface area (Å²) in [5.74, 6) is -0.338. The summed E-state index contributed by atoms with van der Waals surface area (Å²) in [6.07, 6.45) is 0.513. The fourth-order valence-electron chi connectivity index (χ4n) is 4.17. The van der Waals surface area contributed by atoms with Gasteiger partial charge in [-0.15, -0.1) is 0 Å². The second-order valence-corrected chi connectivity index (χ2v) is 11.4. The second-order valence-electron chi connectivity index (χ2n) is 8.64. The van der Waals surface area contributed by atoms with Gasteiger partial charge in [-0.2, -0.15) is 4.31 Å². The van der Waals surface area contributed by atoms with Crippen LogP contribution >= 0.6 is 15.9 Å². The molecule has 0 unspecified atom stereocenters. The minimum absolute atomic E-state index is 0.208. The Hall–Kier alpha value is -2.48. The maximum absolute atomic E-state index is 13.8. The number of sulfonamides is 1. The number of hydrogen-bond acceptors (Lipinski definition) is 3. The Morgan fingerprint density at radius 2 is 1.56 bits per heavy atom. The lowest BCUT2D eigenvalue weighted by Gasteiger charge is -2.25. The molecule has 3 aromatic rings. The van der Waals surface area contributed by atoms with Crippen LogP contribution in [0.15, 0.2) is 76.1 Å². The van der Waals surface area contributed by atoms with Gasteiger partial charge in [-0.25, -0.2) is 8.42 Å². The van der Waals surface area contributed by atoms with E-state index in [4.69, 9.17) is 0 Å². The van der Waals surface area contributed by atoms with Crippen LogP contribution in [0.5, 0.6) is 0 Å². The summed E-state index contributed by atoms with van der Waals surface area (Å²) >= 11 is 3.41. The molecule has 0 spiro atoms. The van der Waals surface area contributed by atoms with E-state index in [0.29, 0.717) is 17.5 Å². The fourth-order valence-corrected chi connectivity index (χ4v) is 6.24. The van der Waals surface area contributed by atoms with Gasteiger partial charge in [-0.3, -0.25) is 4.79 Å². The van der Waals surface area contributed by atoms with Crippen LogP contribution < -0.4 is 5.32 Å². The van der Waals surface area contributed by atoms with E-state index in [9.17, 15) is 13.2 Å². The van der Waals surface area contributed by atoms with Crippen molar-refractivity contribution in [1.29, 1.82) is 0 Å². The van der Waals surface area contributed by atoms with Gasteiger partial charge >= 0.3 is 0 Å². The quantitative estimate of drug-likeness (QED) is 0.389. The third-order valence-electron chi connectivity index (χ3n) is 5.76. The molecule has 1 atom stereocenters. The predicted molar refractivity (Wildman–Crippen MR) is 140 cm³/mol. The van der Waals surface area contributed by atoms with Crippen LogP contribution in [0.3, 0.4) is 0 Å².